The second-order valence-electron chi connectivity index (χ2n) is 3.37. The predicted molar refractivity (Wildman–Crippen MR) is 61.8 cm³/mol. The lowest BCUT2D eigenvalue weighted by atomic mass is 10.0. The van der Waals surface area contributed by atoms with Gasteiger partial charge in [-0.3, -0.25) is 4.98 Å². The van der Waals surface area contributed by atoms with Crippen molar-refractivity contribution in [3.05, 3.63) is 60.5 Å². The molecule has 0 radical (unpaired) electrons. The second kappa shape index (κ2) is 4.56. The molecule has 1 rings (SSSR count). The van der Waals surface area contributed by atoms with Crippen LogP contribution in [0.25, 0.3) is 5.57 Å². The van der Waals surface area contributed by atoms with Gasteiger partial charge in [0, 0.05) is 12.4 Å². The fraction of sp³-hybridized carbons (Fsp3) is 0.154. The molecule has 0 saturated carbocycles. The minimum absolute atomic E-state index is 0.964. The fourth-order valence-electron chi connectivity index (χ4n) is 1.06. The molecule has 14 heavy (non-hydrogen) atoms. The summed E-state index contributed by atoms with van der Waals surface area (Å²) in [5, 5.41) is 0. The van der Waals surface area contributed by atoms with Crippen molar-refractivity contribution in [3.8, 4) is 0 Å². The fourth-order valence-corrected chi connectivity index (χ4v) is 1.06. The average molecular weight is 185 g/mol. The molecule has 1 aromatic rings. The first kappa shape index (κ1) is 10.5. The first-order valence-electron chi connectivity index (χ1n) is 4.54. The van der Waals surface area contributed by atoms with Crippen LogP contribution in [0, 0.1) is 0 Å². The van der Waals surface area contributed by atoms with Crippen LogP contribution in [0.2, 0.25) is 0 Å². The van der Waals surface area contributed by atoms with Crippen molar-refractivity contribution in [2.45, 2.75) is 13.8 Å². The third-order valence-corrected chi connectivity index (χ3v) is 2.06. The first-order chi connectivity index (χ1) is 6.61. The lowest BCUT2D eigenvalue weighted by Crippen LogP contribution is -1.83. The molecule has 0 N–H and O–H groups in total. The Balaban J connectivity index is 2.91. The van der Waals surface area contributed by atoms with Crippen LogP contribution < -0.4 is 0 Å². The van der Waals surface area contributed by atoms with Crippen molar-refractivity contribution in [1.82, 2.24) is 4.98 Å². The van der Waals surface area contributed by atoms with Crippen LogP contribution >= 0.6 is 0 Å². The molecule has 0 atom stereocenters. The van der Waals surface area contributed by atoms with E-state index in [4.69, 9.17) is 0 Å². The van der Waals surface area contributed by atoms with Crippen molar-refractivity contribution in [3.63, 3.8) is 0 Å². The van der Waals surface area contributed by atoms with Gasteiger partial charge in [0.15, 0.2) is 0 Å². The molecule has 1 heteroatoms. The highest BCUT2D eigenvalue weighted by Gasteiger charge is 1.96. The summed E-state index contributed by atoms with van der Waals surface area (Å²) in [5.74, 6) is 0. The van der Waals surface area contributed by atoms with Gasteiger partial charge >= 0.3 is 0 Å². The minimum Gasteiger partial charge on any atom is -0.264 e. The van der Waals surface area contributed by atoms with Crippen LogP contribution in [-0.2, 0) is 0 Å². The van der Waals surface area contributed by atoms with Crippen LogP contribution in [0.4, 0.5) is 0 Å². The molecule has 0 aromatic carbocycles. The summed E-state index contributed by atoms with van der Waals surface area (Å²) < 4.78 is 0. The van der Waals surface area contributed by atoms with Gasteiger partial charge < -0.3 is 0 Å². The van der Waals surface area contributed by atoms with Gasteiger partial charge in [-0.25, -0.2) is 0 Å². The Morgan fingerprint density at radius 3 is 2.57 bits per heavy atom. The van der Waals surface area contributed by atoms with Crippen molar-refractivity contribution in [2.75, 3.05) is 0 Å². The third-order valence-electron chi connectivity index (χ3n) is 2.06. The molecular formula is C13H15N. The van der Waals surface area contributed by atoms with E-state index in [9.17, 15) is 0 Å². The van der Waals surface area contributed by atoms with Crippen molar-refractivity contribution >= 4 is 5.57 Å². The number of pyridine rings is 1. The van der Waals surface area contributed by atoms with Gasteiger partial charge in [0.2, 0.25) is 0 Å². The topological polar surface area (TPSA) is 12.9 Å². The highest BCUT2D eigenvalue weighted by atomic mass is 14.6. The first-order valence-corrected chi connectivity index (χ1v) is 4.54. The second-order valence-corrected chi connectivity index (χ2v) is 3.37. The molecule has 1 nitrogen and oxygen atoms in total. The Kier molecular flexibility index (Phi) is 3.41. The van der Waals surface area contributed by atoms with Crippen LogP contribution in [-0.4, -0.2) is 4.98 Å². The quantitative estimate of drug-likeness (QED) is 0.655. The molecule has 0 aliphatic rings. The number of aromatic nitrogens is 1. The summed E-state index contributed by atoms with van der Waals surface area (Å²) in [6, 6.07) is 3.96. The lowest BCUT2D eigenvalue weighted by molar-refractivity contribution is 1.30. The lowest BCUT2D eigenvalue weighted by Gasteiger charge is -2.02. The van der Waals surface area contributed by atoms with Crippen molar-refractivity contribution < 1.29 is 0 Å². The van der Waals surface area contributed by atoms with E-state index in [1.54, 1.807) is 6.20 Å². The van der Waals surface area contributed by atoms with E-state index < -0.39 is 0 Å². The molecule has 1 heterocycles. The Morgan fingerprint density at radius 2 is 2.07 bits per heavy atom. The van der Waals surface area contributed by atoms with Gasteiger partial charge in [0.1, 0.15) is 0 Å². The van der Waals surface area contributed by atoms with Gasteiger partial charge in [-0.2, -0.15) is 0 Å². The normalized spacial score (nSPS) is 11.1. The molecule has 0 bridgehead atoms. The minimum atomic E-state index is 0.964. The van der Waals surface area contributed by atoms with Crippen LogP contribution in [0.1, 0.15) is 19.4 Å². The van der Waals surface area contributed by atoms with Crippen molar-refractivity contribution in [1.29, 1.82) is 0 Å². The molecule has 1 aromatic heterocycles. The summed E-state index contributed by atoms with van der Waals surface area (Å²) in [6.45, 7) is 11.8. The highest BCUT2D eigenvalue weighted by Crippen LogP contribution is 2.16. The Morgan fingerprint density at radius 1 is 1.36 bits per heavy atom. The monoisotopic (exact) mass is 185 g/mol. The molecule has 0 aliphatic heterocycles. The Labute approximate surface area is 85.5 Å². The molecule has 0 aliphatic carbocycles. The maximum absolute atomic E-state index is 4.06. The number of nitrogens with zero attached hydrogens (tertiary/aromatic N) is 1. The average Bonchev–Trinajstić information content (AvgIpc) is 2.19. The smallest absolute Gasteiger partial charge is 0.0342 e. The van der Waals surface area contributed by atoms with E-state index in [1.807, 2.05) is 38.3 Å². The summed E-state index contributed by atoms with van der Waals surface area (Å²) in [6.07, 6.45) is 5.64. The number of rotatable bonds is 3. The molecule has 72 valence electrons. The molecule has 0 saturated heterocycles. The van der Waals surface area contributed by atoms with Crippen LogP contribution in [0.15, 0.2) is 54.9 Å². The van der Waals surface area contributed by atoms with Gasteiger partial charge in [-0.15, -0.1) is 0 Å². The summed E-state index contributed by atoms with van der Waals surface area (Å²) in [5.41, 5.74) is 4.24. The summed E-state index contributed by atoms with van der Waals surface area (Å²) in [4.78, 5) is 4.06. The molecule has 0 unspecified atom stereocenters. The summed E-state index contributed by atoms with van der Waals surface area (Å²) in [7, 11) is 0. The molecule has 0 fully saturated rings. The molecular weight excluding hydrogens is 170 g/mol. The number of hydrogen-bond donors (Lipinski definition) is 0. The Hall–Kier alpha value is -1.63. The standard InChI is InChI=1S/C13H15N/c1-10(2)11(3)8-12(4)13-6-5-7-14-9-13/h5-9H,1,3H2,2,4H3/b12-8+. The maximum atomic E-state index is 4.06. The zero-order valence-corrected chi connectivity index (χ0v) is 8.75. The maximum Gasteiger partial charge on any atom is 0.0342 e. The van der Waals surface area contributed by atoms with E-state index >= 15 is 0 Å². The zero-order valence-electron chi connectivity index (χ0n) is 8.75. The summed E-state index contributed by atoms with van der Waals surface area (Å²) >= 11 is 0. The van der Waals surface area contributed by atoms with Gasteiger partial charge in [0.25, 0.3) is 0 Å². The van der Waals surface area contributed by atoms with E-state index in [2.05, 4.69) is 18.1 Å². The number of allylic oxidation sites excluding steroid dienone is 4. The van der Waals surface area contributed by atoms with E-state index in [0.717, 1.165) is 22.3 Å². The van der Waals surface area contributed by atoms with Crippen molar-refractivity contribution in [2.24, 2.45) is 0 Å². The predicted octanol–water partition coefficient (Wildman–Crippen LogP) is 3.62. The van der Waals surface area contributed by atoms with E-state index in [1.165, 1.54) is 0 Å². The van der Waals surface area contributed by atoms with Gasteiger partial charge in [0.05, 0.1) is 0 Å². The molecule has 0 amide bonds. The number of hydrogen-bond acceptors (Lipinski definition) is 1. The SMILES string of the molecule is C=C(C)C(=C)/C=C(\C)c1cccnc1. The third kappa shape index (κ3) is 2.70. The van der Waals surface area contributed by atoms with Gasteiger partial charge in [-0.1, -0.05) is 30.9 Å². The van der Waals surface area contributed by atoms with E-state index in [0.29, 0.717) is 0 Å². The van der Waals surface area contributed by atoms with E-state index in [-0.39, 0.29) is 0 Å². The Bertz CT molecular complexity index is 371. The zero-order chi connectivity index (χ0) is 10.6. The van der Waals surface area contributed by atoms with Gasteiger partial charge in [-0.05, 0) is 36.6 Å². The largest absolute Gasteiger partial charge is 0.264 e. The van der Waals surface area contributed by atoms with Crippen LogP contribution in [0.3, 0.4) is 0 Å². The highest BCUT2D eigenvalue weighted by molar-refractivity contribution is 5.66. The van der Waals surface area contributed by atoms with Crippen LogP contribution in [0.5, 0.6) is 0 Å². The molecule has 0 spiro atoms.